The Morgan fingerprint density at radius 2 is 2.25 bits per heavy atom. The van der Waals surface area contributed by atoms with Crippen LogP contribution in [0.4, 0.5) is 0 Å². The number of aliphatic hydroxyl groups is 1. The molecule has 0 aromatic heterocycles. The fraction of sp³-hybridized carbons (Fsp3) is 0.357. The first-order valence-corrected chi connectivity index (χ1v) is 5.09. The summed E-state index contributed by atoms with van der Waals surface area (Å²) in [5, 5.41) is 9.21. The fourth-order valence-corrected chi connectivity index (χ4v) is 0.854. The van der Waals surface area contributed by atoms with Crippen LogP contribution in [0.3, 0.4) is 0 Å². The number of hydrogen-bond donors (Lipinski definition) is 1. The Kier molecular flexibility index (Phi) is 8.69. The van der Waals surface area contributed by atoms with Crippen LogP contribution >= 0.6 is 0 Å². The molecule has 0 aromatic carbocycles. The molecule has 0 fully saturated rings. The molecule has 84 valence electrons. The van der Waals surface area contributed by atoms with Gasteiger partial charge in [-0.05, 0) is 13.0 Å². The summed E-state index contributed by atoms with van der Waals surface area (Å²) in [5.41, 5.74) is 0. The first-order valence-electron chi connectivity index (χ1n) is 5.09. The Hall–Kier alpha value is -1.77. The van der Waals surface area contributed by atoms with E-state index in [4.69, 9.17) is 6.42 Å². The number of carbonyl (C=O) groups excluding carboxylic acids is 1. The molecule has 0 aromatic rings. The molecule has 0 saturated heterocycles. The summed E-state index contributed by atoms with van der Waals surface area (Å²) in [7, 11) is 0. The summed E-state index contributed by atoms with van der Waals surface area (Å²) >= 11 is 0. The van der Waals surface area contributed by atoms with Crippen LogP contribution in [0.15, 0.2) is 24.3 Å². The quantitative estimate of drug-likeness (QED) is 0.562. The summed E-state index contributed by atoms with van der Waals surface area (Å²) in [5.74, 6) is 8.14. The highest BCUT2D eigenvalue weighted by Gasteiger charge is 1.91. The Morgan fingerprint density at radius 1 is 1.50 bits per heavy atom. The van der Waals surface area contributed by atoms with Crippen LogP contribution in [0.5, 0.6) is 0 Å². The van der Waals surface area contributed by atoms with Crippen molar-refractivity contribution in [2.24, 2.45) is 0 Å². The minimum Gasteiger partial charge on any atom is -0.388 e. The number of Topliss-reactive ketones (excluding diaryl/α,β-unsaturated/α-hetero) is 1. The molecule has 0 aliphatic carbocycles. The van der Waals surface area contributed by atoms with E-state index < -0.39 is 6.10 Å². The van der Waals surface area contributed by atoms with Crippen molar-refractivity contribution in [3.05, 3.63) is 24.3 Å². The summed E-state index contributed by atoms with van der Waals surface area (Å²) in [6.45, 7) is 1.55. The van der Waals surface area contributed by atoms with Crippen molar-refractivity contribution in [2.45, 2.75) is 32.3 Å². The predicted octanol–water partition coefficient (Wildman–Crippen LogP) is 1.86. The average molecular weight is 216 g/mol. The van der Waals surface area contributed by atoms with Crippen LogP contribution < -0.4 is 0 Å². The van der Waals surface area contributed by atoms with Crippen LogP contribution in [0.25, 0.3) is 0 Å². The predicted molar refractivity (Wildman–Crippen MR) is 65.4 cm³/mol. The van der Waals surface area contributed by atoms with Gasteiger partial charge in [0.05, 0.1) is 6.10 Å². The third kappa shape index (κ3) is 10.3. The molecule has 0 aliphatic rings. The summed E-state index contributed by atoms with van der Waals surface area (Å²) in [6.07, 6.45) is 12.5. The largest absolute Gasteiger partial charge is 0.388 e. The van der Waals surface area contributed by atoms with Gasteiger partial charge in [-0.1, -0.05) is 30.1 Å². The van der Waals surface area contributed by atoms with Gasteiger partial charge in [-0.3, -0.25) is 4.79 Å². The van der Waals surface area contributed by atoms with Crippen molar-refractivity contribution in [2.75, 3.05) is 0 Å². The smallest absolute Gasteiger partial charge is 0.130 e. The lowest BCUT2D eigenvalue weighted by atomic mass is 10.2. The zero-order valence-electron chi connectivity index (χ0n) is 9.44. The highest BCUT2D eigenvalue weighted by atomic mass is 16.3. The van der Waals surface area contributed by atoms with E-state index in [0.717, 1.165) is 0 Å². The lowest BCUT2D eigenvalue weighted by Gasteiger charge is -1.95. The molecule has 2 nitrogen and oxygen atoms in total. The highest BCUT2D eigenvalue weighted by molar-refractivity contribution is 5.75. The van der Waals surface area contributed by atoms with E-state index in [0.29, 0.717) is 19.3 Å². The number of aliphatic hydroxyl groups excluding tert-OH is 1. The molecule has 0 amide bonds. The number of hydrogen-bond acceptors (Lipinski definition) is 2. The second kappa shape index (κ2) is 9.77. The van der Waals surface area contributed by atoms with Gasteiger partial charge >= 0.3 is 0 Å². The normalized spacial score (nSPS) is 12.1. The summed E-state index contributed by atoms with van der Waals surface area (Å²) < 4.78 is 0. The summed E-state index contributed by atoms with van der Waals surface area (Å²) in [4.78, 5) is 10.6. The van der Waals surface area contributed by atoms with E-state index >= 15 is 0 Å². The van der Waals surface area contributed by atoms with E-state index in [1.54, 1.807) is 31.2 Å². The van der Waals surface area contributed by atoms with E-state index in [-0.39, 0.29) is 5.78 Å². The lowest BCUT2D eigenvalue weighted by molar-refractivity contribution is -0.116. The SMILES string of the molecule is C#CC[C@@H](O)/C=C/C=C/C#CCCC(C)=O. The maximum absolute atomic E-state index is 10.6. The monoisotopic (exact) mass is 216 g/mol. The van der Waals surface area contributed by atoms with E-state index in [2.05, 4.69) is 17.8 Å². The van der Waals surface area contributed by atoms with Gasteiger partial charge in [0.2, 0.25) is 0 Å². The van der Waals surface area contributed by atoms with Crippen LogP contribution in [-0.2, 0) is 4.79 Å². The molecule has 1 N–H and O–H groups in total. The molecule has 2 heteroatoms. The van der Waals surface area contributed by atoms with Gasteiger partial charge in [0.25, 0.3) is 0 Å². The van der Waals surface area contributed by atoms with Crippen molar-refractivity contribution in [3.63, 3.8) is 0 Å². The molecule has 1 atom stereocenters. The maximum Gasteiger partial charge on any atom is 0.130 e. The van der Waals surface area contributed by atoms with Crippen molar-refractivity contribution in [1.29, 1.82) is 0 Å². The van der Waals surface area contributed by atoms with Crippen LogP contribution in [0.1, 0.15) is 26.2 Å². The van der Waals surface area contributed by atoms with Crippen molar-refractivity contribution < 1.29 is 9.90 Å². The topological polar surface area (TPSA) is 37.3 Å². The molecule has 0 spiro atoms. The third-order valence-corrected chi connectivity index (χ3v) is 1.66. The van der Waals surface area contributed by atoms with Gasteiger partial charge < -0.3 is 5.11 Å². The van der Waals surface area contributed by atoms with Gasteiger partial charge in [-0.25, -0.2) is 0 Å². The minimum absolute atomic E-state index is 0.149. The first-order chi connectivity index (χ1) is 7.66. The molecule has 16 heavy (non-hydrogen) atoms. The molecular formula is C14H16O2. The number of terminal acetylenes is 1. The number of carbonyl (C=O) groups is 1. The Labute approximate surface area is 97.1 Å². The molecule has 0 saturated carbocycles. The Morgan fingerprint density at radius 3 is 2.88 bits per heavy atom. The Balaban J connectivity index is 3.76. The molecule has 0 radical (unpaired) electrons. The zero-order chi connectivity index (χ0) is 12.2. The van der Waals surface area contributed by atoms with Crippen LogP contribution in [0.2, 0.25) is 0 Å². The van der Waals surface area contributed by atoms with Crippen molar-refractivity contribution in [1.82, 2.24) is 0 Å². The van der Waals surface area contributed by atoms with Crippen LogP contribution in [-0.4, -0.2) is 17.0 Å². The van der Waals surface area contributed by atoms with E-state index in [1.807, 2.05) is 0 Å². The van der Waals surface area contributed by atoms with Crippen molar-refractivity contribution >= 4 is 5.78 Å². The van der Waals surface area contributed by atoms with Crippen LogP contribution in [0, 0.1) is 24.2 Å². The first kappa shape index (κ1) is 14.2. The molecule has 0 aliphatic heterocycles. The molecule has 0 bridgehead atoms. The second-order valence-electron chi connectivity index (χ2n) is 3.24. The minimum atomic E-state index is -0.597. The van der Waals surface area contributed by atoms with Gasteiger partial charge in [-0.15, -0.1) is 12.3 Å². The van der Waals surface area contributed by atoms with Gasteiger partial charge in [-0.2, -0.15) is 0 Å². The van der Waals surface area contributed by atoms with Gasteiger partial charge in [0, 0.05) is 19.3 Å². The lowest BCUT2D eigenvalue weighted by Crippen LogP contribution is -1.98. The number of rotatable bonds is 5. The molecule has 0 unspecified atom stereocenters. The average Bonchev–Trinajstić information content (AvgIpc) is 2.22. The molecule has 0 rings (SSSR count). The van der Waals surface area contributed by atoms with E-state index in [9.17, 15) is 9.90 Å². The third-order valence-electron chi connectivity index (χ3n) is 1.66. The van der Waals surface area contributed by atoms with Crippen molar-refractivity contribution in [3.8, 4) is 24.2 Å². The highest BCUT2D eigenvalue weighted by Crippen LogP contribution is 1.91. The fourth-order valence-electron chi connectivity index (χ4n) is 0.854. The second-order valence-corrected chi connectivity index (χ2v) is 3.24. The maximum atomic E-state index is 10.6. The summed E-state index contributed by atoms with van der Waals surface area (Å²) in [6, 6.07) is 0. The number of ketones is 1. The number of allylic oxidation sites excluding steroid dienone is 3. The van der Waals surface area contributed by atoms with Gasteiger partial charge in [0.15, 0.2) is 0 Å². The Bertz CT molecular complexity index is 358. The van der Waals surface area contributed by atoms with Gasteiger partial charge in [0.1, 0.15) is 5.78 Å². The molecular weight excluding hydrogens is 200 g/mol. The molecule has 0 heterocycles. The standard InChI is InChI=1S/C14H16O2/c1-3-10-14(16)12-9-7-5-4-6-8-11-13(2)15/h1,5,7,9,12,14,16H,8,10-11H2,2H3/b7-5+,12-9+/t14-/m1/s1. The zero-order valence-corrected chi connectivity index (χ0v) is 9.44. The van der Waals surface area contributed by atoms with E-state index in [1.165, 1.54) is 0 Å².